The Kier molecular flexibility index (Phi) is 6.47. The maximum atomic E-state index is 13.2. The SMILES string of the molecule is COc1ccc(-c2oc3ccc(Cl)cc3c(=O)c2OCC(=O)N2CCCCCC2)cc1. The highest BCUT2D eigenvalue weighted by atomic mass is 35.5. The van der Waals surface area contributed by atoms with Gasteiger partial charge in [0.25, 0.3) is 5.91 Å². The topological polar surface area (TPSA) is 69.0 Å². The van der Waals surface area contributed by atoms with E-state index in [-0.39, 0.29) is 29.5 Å². The van der Waals surface area contributed by atoms with E-state index in [4.69, 9.17) is 25.5 Å². The molecule has 0 radical (unpaired) electrons. The van der Waals surface area contributed by atoms with Gasteiger partial charge in [0.05, 0.1) is 12.5 Å². The fraction of sp³-hybridized carbons (Fsp3) is 0.333. The number of fused-ring (bicyclic) bond motifs is 1. The van der Waals surface area contributed by atoms with Crippen molar-refractivity contribution >= 4 is 28.5 Å². The lowest BCUT2D eigenvalue weighted by atomic mass is 10.1. The van der Waals surface area contributed by atoms with Crippen molar-refractivity contribution in [2.24, 2.45) is 0 Å². The van der Waals surface area contributed by atoms with Crippen LogP contribution in [0.1, 0.15) is 25.7 Å². The van der Waals surface area contributed by atoms with E-state index in [1.165, 1.54) is 0 Å². The molecule has 6 nitrogen and oxygen atoms in total. The minimum absolute atomic E-state index is 0.00288. The minimum Gasteiger partial charge on any atom is -0.497 e. The van der Waals surface area contributed by atoms with E-state index in [0.717, 1.165) is 38.8 Å². The number of benzene rings is 2. The van der Waals surface area contributed by atoms with Gasteiger partial charge >= 0.3 is 0 Å². The number of carbonyl (C=O) groups excluding carboxylic acids is 1. The third kappa shape index (κ3) is 4.69. The van der Waals surface area contributed by atoms with Crippen molar-refractivity contribution in [3.05, 3.63) is 57.7 Å². The first-order chi connectivity index (χ1) is 15.1. The molecule has 4 rings (SSSR count). The number of ether oxygens (including phenoxy) is 2. The van der Waals surface area contributed by atoms with Crippen LogP contribution in [0.3, 0.4) is 0 Å². The highest BCUT2D eigenvalue weighted by Gasteiger charge is 2.21. The van der Waals surface area contributed by atoms with Crippen molar-refractivity contribution in [1.29, 1.82) is 0 Å². The second-order valence-corrected chi connectivity index (χ2v) is 7.98. The molecular weight excluding hydrogens is 418 g/mol. The molecule has 0 aliphatic carbocycles. The molecule has 2 heterocycles. The average Bonchev–Trinajstić information content (AvgIpc) is 3.08. The zero-order valence-corrected chi connectivity index (χ0v) is 18.1. The summed E-state index contributed by atoms with van der Waals surface area (Å²) in [5.74, 6) is 0.819. The summed E-state index contributed by atoms with van der Waals surface area (Å²) in [5.41, 5.74) is 0.677. The predicted octanol–water partition coefficient (Wildman–Crippen LogP) is 4.90. The van der Waals surface area contributed by atoms with Gasteiger partial charge in [-0.25, -0.2) is 0 Å². The van der Waals surface area contributed by atoms with Crippen molar-refractivity contribution in [3.63, 3.8) is 0 Å². The molecule has 2 aromatic carbocycles. The van der Waals surface area contributed by atoms with Crippen molar-refractivity contribution in [2.75, 3.05) is 26.8 Å². The molecule has 7 heteroatoms. The molecule has 0 atom stereocenters. The van der Waals surface area contributed by atoms with Crippen molar-refractivity contribution in [2.45, 2.75) is 25.7 Å². The average molecular weight is 442 g/mol. The minimum atomic E-state index is -0.363. The Balaban J connectivity index is 1.71. The number of amides is 1. The van der Waals surface area contributed by atoms with Crippen LogP contribution in [-0.4, -0.2) is 37.6 Å². The number of carbonyl (C=O) groups is 1. The monoisotopic (exact) mass is 441 g/mol. The van der Waals surface area contributed by atoms with Gasteiger partial charge in [0.1, 0.15) is 11.3 Å². The maximum absolute atomic E-state index is 13.2. The van der Waals surface area contributed by atoms with Gasteiger partial charge in [-0.3, -0.25) is 9.59 Å². The van der Waals surface area contributed by atoms with Gasteiger partial charge in [-0.1, -0.05) is 24.4 Å². The normalized spacial score (nSPS) is 14.3. The van der Waals surface area contributed by atoms with Gasteiger partial charge in [-0.15, -0.1) is 0 Å². The summed E-state index contributed by atoms with van der Waals surface area (Å²) in [6.45, 7) is 1.21. The predicted molar refractivity (Wildman–Crippen MR) is 120 cm³/mol. The standard InChI is InChI=1S/C24H24ClNO5/c1-29-18-9-6-16(7-10-18)23-24(22(28)19-14-17(25)8-11-20(19)31-23)30-15-21(27)26-12-4-2-3-5-13-26/h6-11,14H,2-5,12-13,15H2,1H3. The molecule has 3 aromatic rings. The quantitative estimate of drug-likeness (QED) is 0.563. The number of rotatable bonds is 5. The summed E-state index contributed by atoms with van der Waals surface area (Å²) in [6, 6.07) is 12.0. The van der Waals surface area contributed by atoms with E-state index in [2.05, 4.69) is 0 Å². The largest absolute Gasteiger partial charge is 0.497 e. The molecular formula is C24H24ClNO5. The summed E-state index contributed by atoms with van der Waals surface area (Å²) in [6.07, 6.45) is 4.22. The molecule has 1 aliphatic rings. The summed E-state index contributed by atoms with van der Waals surface area (Å²) in [4.78, 5) is 27.8. The van der Waals surface area contributed by atoms with E-state index < -0.39 is 0 Å². The zero-order valence-electron chi connectivity index (χ0n) is 17.4. The van der Waals surface area contributed by atoms with Gasteiger partial charge in [-0.05, 0) is 55.3 Å². The lowest BCUT2D eigenvalue weighted by Gasteiger charge is -2.20. The summed E-state index contributed by atoms with van der Waals surface area (Å²) < 4.78 is 17.1. The van der Waals surface area contributed by atoms with Crippen LogP contribution in [0.4, 0.5) is 0 Å². The lowest BCUT2D eigenvalue weighted by Crippen LogP contribution is -2.36. The van der Waals surface area contributed by atoms with Crippen LogP contribution in [0.2, 0.25) is 5.02 Å². The number of halogens is 1. The fourth-order valence-electron chi connectivity index (χ4n) is 3.76. The van der Waals surface area contributed by atoms with Gasteiger partial charge in [0, 0.05) is 23.7 Å². The zero-order chi connectivity index (χ0) is 21.8. The first kappa shape index (κ1) is 21.2. The molecule has 0 saturated carbocycles. The van der Waals surface area contributed by atoms with E-state index >= 15 is 0 Å². The van der Waals surface area contributed by atoms with Crippen LogP contribution in [0, 0.1) is 0 Å². The molecule has 162 valence electrons. The Bertz CT molecular complexity index is 1130. The van der Waals surface area contributed by atoms with E-state index in [9.17, 15) is 9.59 Å². The molecule has 0 N–H and O–H groups in total. The van der Waals surface area contributed by atoms with Crippen molar-refractivity contribution < 1.29 is 18.7 Å². The molecule has 1 aromatic heterocycles. The van der Waals surface area contributed by atoms with Crippen LogP contribution in [0.25, 0.3) is 22.3 Å². The highest BCUT2D eigenvalue weighted by Crippen LogP contribution is 2.32. The second-order valence-electron chi connectivity index (χ2n) is 7.54. The van der Waals surface area contributed by atoms with E-state index in [1.807, 2.05) is 0 Å². The van der Waals surface area contributed by atoms with Crippen LogP contribution >= 0.6 is 11.6 Å². The third-order valence-electron chi connectivity index (χ3n) is 5.46. The molecule has 31 heavy (non-hydrogen) atoms. The first-order valence-electron chi connectivity index (χ1n) is 10.4. The van der Waals surface area contributed by atoms with Crippen LogP contribution in [0.15, 0.2) is 51.7 Å². The number of methoxy groups -OCH3 is 1. The summed E-state index contributed by atoms with van der Waals surface area (Å²) in [7, 11) is 1.58. The highest BCUT2D eigenvalue weighted by molar-refractivity contribution is 6.31. The Hall–Kier alpha value is -2.99. The van der Waals surface area contributed by atoms with Crippen LogP contribution < -0.4 is 14.9 Å². The third-order valence-corrected chi connectivity index (χ3v) is 5.70. The van der Waals surface area contributed by atoms with Crippen LogP contribution in [-0.2, 0) is 4.79 Å². The van der Waals surface area contributed by atoms with Crippen molar-refractivity contribution in [3.8, 4) is 22.8 Å². The Morgan fingerprint density at radius 1 is 1.06 bits per heavy atom. The first-order valence-corrected chi connectivity index (χ1v) is 10.8. The smallest absolute Gasteiger partial charge is 0.260 e. The molecule has 0 unspecified atom stereocenters. The van der Waals surface area contributed by atoms with Crippen molar-refractivity contribution in [1.82, 2.24) is 4.90 Å². The van der Waals surface area contributed by atoms with E-state index in [1.54, 1.807) is 54.5 Å². The number of likely N-dealkylation sites (tertiary alicyclic amines) is 1. The fourth-order valence-corrected chi connectivity index (χ4v) is 3.93. The maximum Gasteiger partial charge on any atom is 0.260 e. The van der Waals surface area contributed by atoms with Crippen LogP contribution in [0.5, 0.6) is 11.5 Å². The Morgan fingerprint density at radius 3 is 2.45 bits per heavy atom. The molecule has 0 spiro atoms. The molecule has 1 saturated heterocycles. The second kappa shape index (κ2) is 9.43. The lowest BCUT2D eigenvalue weighted by molar-refractivity contribution is -0.133. The summed E-state index contributed by atoms with van der Waals surface area (Å²) in [5, 5.41) is 0.727. The molecule has 1 amide bonds. The summed E-state index contributed by atoms with van der Waals surface area (Å²) >= 11 is 6.08. The Morgan fingerprint density at radius 2 is 1.77 bits per heavy atom. The van der Waals surface area contributed by atoms with Gasteiger partial charge in [0.15, 0.2) is 12.4 Å². The number of hydrogen-bond donors (Lipinski definition) is 0. The van der Waals surface area contributed by atoms with Gasteiger partial charge < -0.3 is 18.8 Å². The van der Waals surface area contributed by atoms with Gasteiger partial charge in [-0.2, -0.15) is 0 Å². The van der Waals surface area contributed by atoms with Gasteiger partial charge in [0.2, 0.25) is 11.2 Å². The van der Waals surface area contributed by atoms with E-state index in [0.29, 0.717) is 27.3 Å². The Labute approximate surface area is 185 Å². The molecule has 1 fully saturated rings. The number of nitrogens with zero attached hydrogens (tertiary/aromatic N) is 1. The number of hydrogen-bond acceptors (Lipinski definition) is 5. The molecule has 0 bridgehead atoms. The molecule has 1 aliphatic heterocycles.